The zero-order chi connectivity index (χ0) is 10.8. The molecule has 3 aliphatic rings. The molecule has 0 aromatic rings. The Balaban J connectivity index is 0.000000121. The van der Waals surface area contributed by atoms with E-state index in [1.807, 2.05) is 14.1 Å². The fourth-order valence-corrected chi connectivity index (χ4v) is 2.73. The van der Waals surface area contributed by atoms with E-state index in [1.165, 1.54) is 25.7 Å². The van der Waals surface area contributed by atoms with Crippen molar-refractivity contribution in [3.63, 3.8) is 0 Å². The van der Waals surface area contributed by atoms with Gasteiger partial charge in [-0.3, -0.25) is 0 Å². The van der Waals surface area contributed by atoms with Crippen molar-refractivity contribution in [3.8, 4) is 0 Å². The summed E-state index contributed by atoms with van der Waals surface area (Å²) in [7, 11) is 4.05. The SMILES string of the molecule is C1CC2OC2C1.CN(C)[C@H]1CCC[C@@H]1O. The molecule has 0 spiro atoms. The van der Waals surface area contributed by atoms with E-state index in [-0.39, 0.29) is 6.10 Å². The number of hydrogen-bond acceptors (Lipinski definition) is 3. The van der Waals surface area contributed by atoms with Gasteiger partial charge in [0.15, 0.2) is 0 Å². The molecule has 3 rings (SSSR count). The molecule has 1 N–H and O–H groups in total. The second-order valence-corrected chi connectivity index (χ2v) is 5.17. The Morgan fingerprint density at radius 2 is 1.60 bits per heavy atom. The fourth-order valence-electron chi connectivity index (χ4n) is 2.73. The van der Waals surface area contributed by atoms with Crippen LogP contribution in [0.15, 0.2) is 0 Å². The highest BCUT2D eigenvalue weighted by atomic mass is 16.6. The van der Waals surface area contributed by atoms with Crippen LogP contribution in [0, 0.1) is 0 Å². The van der Waals surface area contributed by atoms with E-state index in [1.54, 1.807) is 0 Å². The van der Waals surface area contributed by atoms with E-state index in [0.29, 0.717) is 18.2 Å². The molecule has 0 aromatic heterocycles. The van der Waals surface area contributed by atoms with E-state index < -0.39 is 0 Å². The molecule has 1 aliphatic heterocycles. The summed E-state index contributed by atoms with van der Waals surface area (Å²) < 4.78 is 5.15. The smallest absolute Gasteiger partial charge is 0.0841 e. The number of aliphatic hydroxyl groups is 1. The van der Waals surface area contributed by atoms with Crippen LogP contribution in [0.5, 0.6) is 0 Å². The zero-order valence-corrected chi connectivity index (χ0v) is 9.85. The monoisotopic (exact) mass is 213 g/mol. The van der Waals surface area contributed by atoms with Gasteiger partial charge in [0.2, 0.25) is 0 Å². The van der Waals surface area contributed by atoms with Crippen LogP contribution in [-0.4, -0.2) is 48.5 Å². The van der Waals surface area contributed by atoms with Gasteiger partial charge in [-0.25, -0.2) is 0 Å². The number of fused-ring (bicyclic) bond motifs is 1. The lowest BCUT2D eigenvalue weighted by Gasteiger charge is -2.21. The van der Waals surface area contributed by atoms with Crippen LogP contribution in [0.4, 0.5) is 0 Å². The first-order valence-corrected chi connectivity index (χ1v) is 6.18. The average molecular weight is 213 g/mol. The minimum Gasteiger partial charge on any atom is -0.391 e. The van der Waals surface area contributed by atoms with Gasteiger partial charge >= 0.3 is 0 Å². The molecule has 3 heteroatoms. The predicted molar refractivity (Wildman–Crippen MR) is 59.8 cm³/mol. The summed E-state index contributed by atoms with van der Waals surface area (Å²) in [6.07, 6.45) is 8.78. The summed E-state index contributed by atoms with van der Waals surface area (Å²) in [4.78, 5) is 2.11. The van der Waals surface area contributed by atoms with Crippen LogP contribution in [0.1, 0.15) is 38.5 Å². The van der Waals surface area contributed by atoms with Crippen molar-refractivity contribution in [2.24, 2.45) is 0 Å². The Morgan fingerprint density at radius 3 is 1.80 bits per heavy atom. The Labute approximate surface area is 92.4 Å². The number of epoxide rings is 1. The minimum absolute atomic E-state index is 0.0694. The van der Waals surface area contributed by atoms with Crippen molar-refractivity contribution in [2.45, 2.75) is 62.9 Å². The van der Waals surface area contributed by atoms with Gasteiger partial charge in [-0.1, -0.05) is 0 Å². The second-order valence-electron chi connectivity index (χ2n) is 5.17. The van der Waals surface area contributed by atoms with Gasteiger partial charge in [0.25, 0.3) is 0 Å². The van der Waals surface area contributed by atoms with Gasteiger partial charge in [0.1, 0.15) is 0 Å². The van der Waals surface area contributed by atoms with Crippen molar-refractivity contribution < 1.29 is 9.84 Å². The van der Waals surface area contributed by atoms with Crippen LogP contribution in [0.25, 0.3) is 0 Å². The van der Waals surface area contributed by atoms with Crippen molar-refractivity contribution in [2.75, 3.05) is 14.1 Å². The average Bonchev–Trinajstić information content (AvgIpc) is 2.65. The summed E-state index contributed by atoms with van der Waals surface area (Å²) in [5.41, 5.74) is 0. The first kappa shape index (κ1) is 11.4. The highest BCUT2D eigenvalue weighted by molar-refractivity contribution is 4.90. The lowest BCUT2D eigenvalue weighted by atomic mass is 10.2. The quantitative estimate of drug-likeness (QED) is 0.669. The molecule has 15 heavy (non-hydrogen) atoms. The number of likely N-dealkylation sites (N-methyl/N-ethyl adjacent to an activating group) is 1. The Kier molecular flexibility index (Phi) is 3.65. The summed E-state index contributed by atoms with van der Waals surface area (Å²) in [5, 5.41) is 9.32. The van der Waals surface area contributed by atoms with Crippen molar-refractivity contribution in [1.29, 1.82) is 0 Å². The van der Waals surface area contributed by atoms with E-state index in [0.717, 1.165) is 12.8 Å². The van der Waals surface area contributed by atoms with E-state index in [9.17, 15) is 5.11 Å². The second kappa shape index (κ2) is 4.81. The van der Waals surface area contributed by atoms with Gasteiger partial charge in [-0.15, -0.1) is 0 Å². The number of hydrogen-bond donors (Lipinski definition) is 1. The van der Waals surface area contributed by atoms with Crippen LogP contribution in [0.2, 0.25) is 0 Å². The number of aliphatic hydroxyl groups excluding tert-OH is 1. The van der Waals surface area contributed by atoms with E-state index in [2.05, 4.69) is 4.90 Å². The normalized spacial score (nSPS) is 42.4. The van der Waals surface area contributed by atoms with Crippen molar-refractivity contribution in [1.82, 2.24) is 4.90 Å². The summed E-state index contributed by atoms with van der Waals surface area (Å²) in [6.45, 7) is 0. The largest absolute Gasteiger partial charge is 0.391 e. The molecule has 1 heterocycles. The maximum Gasteiger partial charge on any atom is 0.0841 e. The number of rotatable bonds is 1. The van der Waals surface area contributed by atoms with Crippen molar-refractivity contribution in [3.05, 3.63) is 0 Å². The first-order valence-electron chi connectivity index (χ1n) is 6.18. The summed E-state index contributed by atoms with van der Waals surface area (Å²) in [6, 6.07) is 0.421. The summed E-state index contributed by atoms with van der Waals surface area (Å²) >= 11 is 0. The highest BCUT2D eigenvalue weighted by Crippen LogP contribution is 2.37. The molecular weight excluding hydrogens is 190 g/mol. The number of ether oxygens (including phenoxy) is 1. The van der Waals surface area contributed by atoms with E-state index >= 15 is 0 Å². The van der Waals surface area contributed by atoms with Crippen LogP contribution in [0.3, 0.4) is 0 Å². The molecule has 0 bridgehead atoms. The maximum absolute atomic E-state index is 9.32. The Bertz CT molecular complexity index is 200. The molecule has 3 nitrogen and oxygen atoms in total. The van der Waals surface area contributed by atoms with Gasteiger partial charge in [-0.2, -0.15) is 0 Å². The van der Waals surface area contributed by atoms with Gasteiger partial charge < -0.3 is 14.7 Å². The Morgan fingerprint density at radius 1 is 1.00 bits per heavy atom. The third-order valence-electron chi connectivity index (χ3n) is 3.77. The molecule has 0 amide bonds. The maximum atomic E-state index is 9.32. The lowest BCUT2D eigenvalue weighted by Crippen LogP contribution is -2.34. The standard InChI is InChI=1S/C7H15NO.C5H8O/c1-8(2)6-4-3-5-7(6)9;1-2-4-5(3-1)6-4/h6-7,9H,3-5H2,1-2H3;4-5H,1-3H2/t6-,7-;/m0./s1. The topological polar surface area (TPSA) is 36.0 Å². The molecule has 0 radical (unpaired) electrons. The van der Waals surface area contributed by atoms with E-state index in [4.69, 9.17) is 4.74 Å². The van der Waals surface area contributed by atoms with Gasteiger partial charge in [0, 0.05) is 6.04 Å². The molecule has 4 atom stereocenters. The molecule has 3 fully saturated rings. The summed E-state index contributed by atoms with van der Waals surface area (Å²) in [5.74, 6) is 0. The van der Waals surface area contributed by atoms with Gasteiger partial charge in [-0.05, 0) is 52.6 Å². The number of nitrogens with zero attached hydrogens (tertiary/aromatic N) is 1. The molecule has 0 aromatic carbocycles. The predicted octanol–water partition coefficient (Wildman–Crippen LogP) is 1.40. The molecule has 2 unspecified atom stereocenters. The third kappa shape index (κ3) is 2.92. The molecule has 2 aliphatic carbocycles. The lowest BCUT2D eigenvalue weighted by molar-refractivity contribution is 0.100. The van der Waals surface area contributed by atoms with Crippen LogP contribution >= 0.6 is 0 Å². The molecule has 1 saturated heterocycles. The molecule has 88 valence electrons. The zero-order valence-electron chi connectivity index (χ0n) is 9.85. The Hall–Kier alpha value is -0.120. The van der Waals surface area contributed by atoms with Crippen molar-refractivity contribution >= 4 is 0 Å². The molecule has 2 saturated carbocycles. The third-order valence-corrected chi connectivity index (χ3v) is 3.77. The van der Waals surface area contributed by atoms with Crippen LogP contribution in [-0.2, 0) is 4.74 Å². The molecular formula is C12H23NO2. The first-order chi connectivity index (χ1) is 7.18. The highest BCUT2D eigenvalue weighted by Gasteiger charge is 2.42. The fraction of sp³-hybridized carbons (Fsp3) is 1.00. The minimum atomic E-state index is -0.0694. The van der Waals surface area contributed by atoms with Gasteiger partial charge in [0.05, 0.1) is 18.3 Å². The van der Waals surface area contributed by atoms with Crippen LogP contribution < -0.4 is 0 Å².